The van der Waals surface area contributed by atoms with Crippen molar-refractivity contribution in [1.82, 2.24) is 15.1 Å². The molecule has 0 spiro atoms. The third-order valence-corrected chi connectivity index (χ3v) is 5.38. The first kappa shape index (κ1) is 13.2. The molecule has 3 nitrogen and oxygen atoms in total. The van der Waals surface area contributed by atoms with Gasteiger partial charge < -0.3 is 5.32 Å². The summed E-state index contributed by atoms with van der Waals surface area (Å²) < 4.78 is 2.08. The molecule has 2 aliphatic carbocycles. The number of hydrogen-bond donors (Lipinski definition) is 1. The maximum absolute atomic E-state index is 4.58. The van der Waals surface area contributed by atoms with Crippen molar-refractivity contribution < 1.29 is 0 Å². The Morgan fingerprint density at radius 3 is 2.58 bits per heavy atom. The van der Waals surface area contributed by atoms with E-state index in [-0.39, 0.29) is 0 Å². The maximum atomic E-state index is 4.58. The molecule has 0 aromatic carbocycles. The summed E-state index contributed by atoms with van der Waals surface area (Å²) in [4.78, 5) is 0. The van der Waals surface area contributed by atoms with Gasteiger partial charge in [0.05, 0.1) is 5.69 Å². The zero-order chi connectivity index (χ0) is 13.4. The highest BCUT2D eigenvalue weighted by Gasteiger charge is 2.53. The van der Waals surface area contributed by atoms with E-state index in [9.17, 15) is 0 Å². The van der Waals surface area contributed by atoms with E-state index in [1.54, 1.807) is 0 Å². The Morgan fingerprint density at radius 1 is 1.37 bits per heavy atom. The molecule has 106 valence electrons. The number of fused-ring (bicyclic) bond motifs is 1. The van der Waals surface area contributed by atoms with E-state index in [4.69, 9.17) is 0 Å². The van der Waals surface area contributed by atoms with Crippen LogP contribution in [0.1, 0.15) is 44.0 Å². The SMILES string of the molecule is CCc1cc(CC(NC)C2C3CCCCC32)n(C)n1. The highest BCUT2D eigenvalue weighted by Crippen LogP contribution is 2.57. The lowest BCUT2D eigenvalue weighted by Gasteiger charge is -2.16. The first-order chi connectivity index (χ1) is 9.24. The van der Waals surface area contributed by atoms with E-state index in [1.165, 1.54) is 37.1 Å². The molecule has 0 radical (unpaired) electrons. The lowest BCUT2D eigenvalue weighted by Crippen LogP contribution is -2.31. The number of nitrogens with zero attached hydrogens (tertiary/aromatic N) is 2. The van der Waals surface area contributed by atoms with Crippen molar-refractivity contribution in [3.63, 3.8) is 0 Å². The molecule has 19 heavy (non-hydrogen) atoms. The number of hydrogen-bond acceptors (Lipinski definition) is 2. The first-order valence-corrected chi connectivity index (χ1v) is 7.93. The minimum absolute atomic E-state index is 0.646. The van der Waals surface area contributed by atoms with Gasteiger partial charge in [-0.15, -0.1) is 0 Å². The molecule has 0 saturated heterocycles. The van der Waals surface area contributed by atoms with Crippen molar-refractivity contribution in [1.29, 1.82) is 0 Å². The molecule has 0 amide bonds. The largest absolute Gasteiger partial charge is 0.316 e. The number of rotatable bonds is 5. The average Bonchev–Trinajstić information content (AvgIpc) is 3.05. The van der Waals surface area contributed by atoms with Gasteiger partial charge in [-0.1, -0.05) is 19.8 Å². The van der Waals surface area contributed by atoms with Crippen molar-refractivity contribution >= 4 is 0 Å². The van der Waals surface area contributed by atoms with Gasteiger partial charge in [-0.2, -0.15) is 5.10 Å². The smallest absolute Gasteiger partial charge is 0.0624 e. The van der Waals surface area contributed by atoms with E-state index in [1.807, 2.05) is 0 Å². The van der Waals surface area contributed by atoms with Gasteiger partial charge >= 0.3 is 0 Å². The van der Waals surface area contributed by atoms with Crippen LogP contribution in [0.3, 0.4) is 0 Å². The molecule has 0 aliphatic heterocycles. The Balaban J connectivity index is 1.68. The Labute approximate surface area is 116 Å². The molecule has 1 heterocycles. The average molecular weight is 261 g/mol. The zero-order valence-corrected chi connectivity index (χ0v) is 12.5. The summed E-state index contributed by atoms with van der Waals surface area (Å²) >= 11 is 0. The molecule has 1 aromatic heterocycles. The topological polar surface area (TPSA) is 29.9 Å². The van der Waals surface area contributed by atoms with E-state index >= 15 is 0 Å². The summed E-state index contributed by atoms with van der Waals surface area (Å²) in [5, 5.41) is 8.16. The second-order valence-electron chi connectivity index (χ2n) is 6.39. The lowest BCUT2D eigenvalue weighted by atomic mass is 10.0. The molecule has 3 heteroatoms. The fraction of sp³-hybridized carbons (Fsp3) is 0.812. The standard InChI is InChI=1S/C16H27N3/c1-4-11-9-12(19(3)18-11)10-15(17-2)16-13-7-5-6-8-14(13)16/h9,13-17H,4-8,10H2,1-3H3. The van der Waals surface area contributed by atoms with Crippen LogP contribution in [0.2, 0.25) is 0 Å². The fourth-order valence-electron chi connectivity index (χ4n) is 4.24. The highest BCUT2D eigenvalue weighted by molar-refractivity contribution is 5.14. The van der Waals surface area contributed by atoms with Gasteiger partial charge in [-0.3, -0.25) is 4.68 Å². The van der Waals surface area contributed by atoms with Crippen LogP contribution in [0.4, 0.5) is 0 Å². The minimum atomic E-state index is 0.646. The van der Waals surface area contributed by atoms with Crippen molar-refractivity contribution in [2.45, 2.75) is 51.5 Å². The summed E-state index contributed by atoms with van der Waals surface area (Å²) in [6.45, 7) is 2.18. The van der Waals surface area contributed by atoms with Crippen molar-refractivity contribution in [3.05, 3.63) is 17.5 Å². The summed E-state index contributed by atoms with van der Waals surface area (Å²) in [6.07, 6.45) is 8.03. The van der Waals surface area contributed by atoms with Crippen molar-refractivity contribution in [3.8, 4) is 0 Å². The van der Waals surface area contributed by atoms with Gasteiger partial charge in [-0.25, -0.2) is 0 Å². The molecule has 2 aliphatic rings. The van der Waals surface area contributed by atoms with E-state index in [2.05, 4.69) is 42.2 Å². The van der Waals surface area contributed by atoms with Gasteiger partial charge in [0.2, 0.25) is 0 Å². The second kappa shape index (κ2) is 5.28. The van der Waals surface area contributed by atoms with Crippen LogP contribution in [0.5, 0.6) is 0 Å². The normalized spacial score (nSPS) is 31.0. The predicted molar refractivity (Wildman–Crippen MR) is 78.1 cm³/mol. The summed E-state index contributed by atoms with van der Waals surface area (Å²) in [5.41, 5.74) is 2.61. The van der Waals surface area contributed by atoms with E-state index < -0.39 is 0 Å². The number of likely N-dealkylation sites (N-methyl/N-ethyl adjacent to an activating group) is 1. The van der Waals surface area contributed by atoms with Crippen molar-refractivity contribution in [2.24, 2.45) is 24.8 Å². The number of nitrogens with one attached hydrogen (secondary N) is 1. The van der Waals surface area contributed by atoms with Gasteiger partial charge in [0, 0.05) is 25.2 Å². The molecule has 1 aromatic rings. The van der Waals surface area contributed by atoms with Crippen LogP contribution in [-0.2, 0) is 19.9 Å². The molecule has 3 atom stereocenters. The second-order valence-corrected chi connectivity index (χ2v) is 6.39. The van der Waals surface area contributed by atoms with Crippen LogP contribution < -0.4 is 5.32 Å². The Kier molecular flexibility index (Phi) is 3.66. The predicted octanol–water partition coefficient (Wildman–Crippen LogP) is 2.55. The zero-order valence-electron chi connectivity index (χ0n) is 12.5. The third kappa shape index (κ3) is 2.45. The van der Waals surface area contributed by atoms with Gasteiger partial charge in [0.1, 0.15) is 0 Å². The van der Waals surface area contributed by atoms with Crippen LogP contribution in [0, 0.1) is 17.8 Å². The number of aromatic nitrogens is 2. The Morgan fingerprint density at radius 2 is 2.05 bits per heavy atom. The number of aryl methyl sites for hydroxylation is 2. The summed E-state index contributed by atoms with van der Waals surface area (Å²) in [5.74, 6) is 2.96. The van der Waals surface area contributed by atoms with Gasteiger partial charge in [0.25, 0.3) is 0 Å². The first-order valence-electron chi connectivity index (χ1n) is 7.93. The van der Waals surface area contributed by atoms with Crippen LogP contribution in [0.25, 0.3) is 0 Å². The molecule has 2 saturated carbocycles. The van der Waals surface area contributed by atoms with Crippen molar-refractivity contribution in [2.75, 3.05) is 7.05 Å². The molecule has 2 fully saturated rings. The third-order valence-electron chi connectivity index (χ3n) is 5.38. The van der Waals surface area contributed by atoms with E-state index in [0.29, 0.717) is 6.04 Å². The van der Waals surface area contributed by atoms with Gasteiger partial charge in [-0.05, 0) is 50.1 Å². The van der Waals surface area contributed by atoms with Gasteiger partial charge in [0.15, 0.2) is 0 Å². The van der Waals surface area contributed by atoms with Crippen LogP contribution >= 0.6 is 0 Å². The molecule has 0 bridgehead atoms. The van der Waals surface area contributed by atoms with E-state index in [0.717, 1.165) is 30.6 Å². The molecular weight excluding hydrogens is 234 g/mol. The van der Waals surface area contributed by atoms with Crippen LogP contribution in [0.15, 0.2) is 6.07 Å². The Bertz CT molecular complexity index is 425. The van der Waals surface area contributed by atoms with Crippen LogP contribution in [-0.4, -0.2) is 22.9 Å². The molecule has 1 N–H and O–H groups in total. The summed E-state index contributed by atoms with van der Waals surface area (Å²) in [6, 6.07) is 2.93. The highest BCUT2D eigenvalue weighted by atomic mass is 15.3. The lowest BCUT2D eigenvalue weighted by molar-refractivity contribution is 0.448. The minimum Gasteiger partial charge on any atom is -0.316 e. The molecule has 3 unspecified atom stereocenters. The quantitative estimate of drug-likeness (QED) is 0.883. The Hall–Kier alpha value is -0.830. The molecular formula is C16H27N3. The fourth-order valence-corrected chi connectivity index (χ4v) is 4.24. The maximum Gasteiger partial charge on any atom is 0.0624 e. The monoisotopic (exact) mass is 261 g/mol. The molecule has 3 rings (SSSR count). The summed E-state index contributed by atoms with van der Waals surface area (Å²) in [7, 11) is 4.22.